The molecule has 19 heavy (non-hydrogen) atoms. The van der Waals surface area contributed by atoms with Crippen molar-refractivity contribution in [3.05, 3.63) is 55.1 Å². The van der Waals surface area contributed by atoms with Crippen molar-refractivity contribution in [1.29, 1.82) is 0 Å². The first-order chi connectivity index (χ1) is 9.13. The lowest BCUT2D eigenvalue weighted by atomic mass is 10.2. The zero-order valence-electron chi connectivity index (χ0n) is 10.4. The fourth-order valence-corrected chi connectivity index (χ4v) is 2.25. The van der Waals surface area contributed by atoms with Crippen LogP contribution < -0.4 is 4.52 Å². The first-order valence-electron chi connectivity index (χ1n) is 5.49. The van der Waals surface area contributed by atoms with E-state index in [1.54, 1.807) is 0 Å². The number of phosphoric ester groups is 1. The van der Waals surface area contributed by atoms with Gasteiger partial charge in [-0.25, -0.2) is 4.57 Å². The second-order valence-electron chi connectivity index (χ2n) is 3.39. The summed E-state index contributed by atoms with van der Waals surface area (Å²) in [6, 6.07) is 6.08. The average Bonchev–Trinajstić information content (AvgIpc) is 2.44. The molecule has 0 fully saturated rings. The second kappa shape index (κ2) is 7.69. The Labute approximate surface area is 112 Å². The van der Waals surface area contributed by atoms with Gasteiger partial charge >= 0.3 is 7.82 Å². The molecule has 0 N–H and O–H groups in total. The molecule has 0 amide bonds. The molecule has 102 valence electrons. The van der Waals surface area contributed by atoms with Crippen LogP contribution in [0.3, 0.4) is 0 Å². The number of rotatable bonds is 9. The van der Waals surface area contributed by atoms with Crippen LogP contribution in [0, 0.1) is 0 Å². The van der Waals surface area contributed by atoms with Crippen molar-refractivity contribution >= 4 is 14.1 Å². The van der Waals surface area contributed by atoms with Gasteiger partial charge in [-0.05, 0) is 24.3 Å². The summed E-state index contributed by atoms with van der Waals surface area (Å²) in [5, 5.41) is 0. The fourth-order valence-electron chi connectivity index (χ4n) is 1.11. The highest BCUT2D eigenvalue weighted by Crippen LogP contribution is 2.49. The fraction of sp³-hybridized carbons (Fsp3) is 0.154. The lowest BCUT2D eigenvalue weighted by Crippen LogP contribution is -2.03. The van der Waals surface area contributed by atoms with E-state index >= 15 is 0 Å². The first-order valence-corrected chi connectivity index (χ1v) is 6.95. The van der Waals surface area contributed by atoms with E-state index in [9.17, 15) is 9.36 Å². The molecule has 0 bridgehead atoms. The Hall–Kier alpha value is -1.68. The van der Waals surface area contributed by atoms with E-state index in [0.717, 1.165) is 0 Å². The molecule has 0 heterocycles. The molecule has 0 aliphatic heterocycles. The molecular weight excluding hydrogens is 267 g/mol. The van der Waals surface area contributed by atoms with Gasteiger partial charge in [-0.2, -0.15) is 0 Å². The molecule has 1 aromatic carbocycles. The minimum atomic E-state index is -3.73. The maximum atomic E-state index is 12.2. The van der Waals surface area contributed by atoms with Crippen LogP contribution in [-0.4, -0.2) is 19.5 Å². The molecule has 0 aromatic heterocycles. The predicted molar refractivity (Wildman–Crippen MR) is 72.4 cm³/mol. The van der Waals surface area contributed by atoms with Gasteiger partial charge in [-0.15, -0.1) is 13.2 Å². The van der Waals surface area contributed by atoms with Crippen molar-refractivity contribution in [2.24, 2.45) is 0 Å². The number of carbonyl (C=O) groups is 1. The Balaban J connectivity index is 2.79. The minimum absolute atomic E-state index is 0.0286. The summed E-state index contributed by atoms with van der Waals surface area (Å²) in [5.41, 5.74) is 0.487. The molecule has 0 saturated heterocycles. The lowest BCUT2D eigenvalue weighted by molar-refractivity contribution is 0.112. The second-order valence-corrected chi connectivity index (χ2v) is 4.99. The van der Waals surface area contributed by atoms with Gasteiger partial charge in [0.2, 0.25) is 0 Å². The van der Waals surface area contributed by atoms with Gasteiger partial charge in [0.05, 0.1) is 13.2 Å². The van der Waals surface area contributed by atoms with Crippen LogP contribution in [0.15, 0.2) is 49.6 Å². The third kappa shape index (κ3) is 5.22. The van der Waals surface area contributed by atoms with Crippen molar-refractivity contribution in [3.63, 3.8) is 0 Å². The van der Waals surface area contributed by atoms with Crippen molar-refractivity contribution in [1.82, 2.24) is 0 Å². The third-order valence-electron chi connectivity index (χ3n) is 1.93. The van der Waals surface area contributed by atoms with E-state index in [4.69, 9.17) is 13.6 Å². The molecule has 0 atom stereocenters. The Morgan fingerprint density at radius 1 is 1.05 bits per heavy atom. The molecule has 5 nitrogen and oxygen atoms in total. The summed E-state index contributed by atoms with van der Waals surface area (Å²) in [4.78, 5) is 10.5. The normalized spacial score (nSPS) is 10.7. The van der Waals surface area contributed by atoms with Gasteiger partial charge in [0.1, 0.15) is 12.0 Å². The van der Waals surface area contributed by atoms with Crippen LogP contribution in [0.4, 0.5) is 0 Å². The van der Waals surface area contributed by atoms with Crippen LogP contribution in [0.1, 0.15) is 10.4 Å². The lowest BCUT2D eigenvalue weighted by Gasteiger charge is -2.17. The highest BCUT2D eigenvalue weighted by Gasteiger charge is 2.27. The van der Waals surface area contributed by atoms with E-state index in [1.165, 1.54) is 36.4 Å². The molecule has 6 heteroatoms. The smallest absolute Gasteiger partial charge is 0.404 e. The van der Waals surface area contributed by atoms with E-state index in [-0.39, 0.29) is 19.0 Å². The number of carbonyl (C=O) groups excluding carboxylic acids is 1. The predicted octanol–water partition coefficient (Wildman–Crippen LogP) is 3.39. The monoisotopic (exact) mass is 282 g/mol. The summed E-state index contributed by atoms with van der Waals surface area (Å²) in [6.07, 6.45) is 3.57. The van der Waals surface area contributed by atoms with Gasteiger partial charge in [-0.3, -0.25) is 13.8 Å². The zero-order chi connectivity index (χ0) is 14.1. The van der Waals surface area contributed by atoms with Gasteiger partial charge in [0.15, 0.2) is 0 Å². The van der Waals surface area contributed by atoms with E-state index in [0.29, 0.717) is 11.8 Å². The molecule has 0 spiro atoms. The number of hydrogen-bond donors (Lipinski definition) is 0. The summed E-state index contributed by atoms with van der Waals surface area (Å²) < 4.78 is 27.5. The van der Waals surface area contributed by atoms with Crippen LogP contribution in [-0.2, 0) is 13.6 Å². The van der Waals surface area contributed by atoms with Gasteiger partial charge in [0, 0.05) is 5.56 Å². The molecule has 1 aromatic rings. The largest absolute Gasteiger partial charge is 0.530 e. The summed E-state index contributed by atoms with van der Waals surface area (Å²) in [6.45, 7) is 6.97. The van der Waals surface area contributed by atoms with E-state index in [2.05, 4.69) is 13.2 Å². The van der Waals surface area contributed by atoms with Crippen molar-refractivity contribution in [2.75, 3.05) is 13.2 Å². The van der Waals surface area contributed by atoms with Crippen LogP contribution in [0.2, 0.25) is 0 Å². The van der Waals surface area contributed by atoms with Crippen molar-refractivity contribution in [2.45, 2.75) is 0 Å². The molecule has 0 aliphatic carbocycles. The first kappa shape index (κ1) is 15.4. The van der Waals surface area contributed by atoms with Crippen LogP contribution in [0.25, 0.3) is 0 Å². The number of aldehydes is 1. The van der Waals surface area contributed by atoms with Crippen LogP contribution >= 0.6 is 7.82 Å². The molecule has 0 aliphatic rings. The molecule has 0 radical (unpaired) electrons. The highest BCUT2D eigenvalue weighted by atomic mass is 31.2. The van der Waals surface area contributed by atoms with Crippen molar-refractivity contribution < 1.29 is 22.9 Å². The Kier molecular flexibility index (Phi) is 6.22. The van der Waals surface area contributed by atoms with Gasteiger partial charge in [-0.1, -0.05) is 12.2 Å². The minimum Gasteiger partial charge on any atom is -0.404 e. The zero-order valence-corrected chi connectivity index (χ0v) is 11.3. The molecular formula is C13H15O5P. The number of hydrogen-bond acceptors (Lipinski definition) is 5. The molecule has 0 unspecified atom stereocenters. The van der Waals surface area contributed by atoms with Gasteiger partial charge < -0.3 is 4.52 Å². The number of benzene rings is 1. The maximum Gasteiger partial charge on any atom is 0.530 e. The summed E-state index contributed by atoms with van der Waals surface area (Å²) in [7, 11) is -3.73. The summed E-state index contributed by atoms with van der Waals surface area (Å²) >= 11 is 0. The van der Waals surface area contributed by atoms with E-state index in [1.807, 2.05) is 0 Å². The van der Waals surface area contributed by atoms with Crippen LogP contribution in [0.5, 0.6) is 5.75 Å². The summed E-state index contributed by atoms with van der Waals surface area (Å²) in [5.74, 6) is 0.280. The topological polar surface area (TPSA) is 61.8 Å². The molecule has 0 saturated carbocycles. The number of phosphoric acid groups is 1. The average molecular weight is 282 g/mol. The highest BCUT2D eigenvalue weighted by molar-refractivity contribution is 7.48. The van der Waals surface area contributed by atoms with Crippen molar-refractivity contribution in [3.8, 4) is 5.75 Å². The molecule has 1 rings (SSSR count). The maximum absolute atomic E-state index is 12.2. The quantitative estimate of drug-likeness (QED) is 0.394. The third-order valence-corrected chi connectivity index (χ3v) is 3.30. The van der Waals surface area contributed by atoms with Gasteiger partial charge in [0.25, 0.3) is 0 Å². The van der Waals surface area contributed by atoms with E-state index < -0.39 is 7.82 Å². The standard InChI is InChI=1S/C13H15O5P/c1-3-9-16-19(15,17-10-4-2)18-13-7-5-12(11-14)6-8-13/h3-8,11H,1-2,9-10H2. The Bertz CT molecular complexity index is 464. The Morgan fingerprint density at radius 2 is 1.58 bits per heavy atom. The SMILES string of the molecule is C=CCOP(=O)(OCC=C)Oc1ccc(C=O)cc1. The Morgan fingerprint density at radius 3 is 2.00 bits per heavy atom.